The summed E-state index contributed by atoms with van der Waals surface area (Å²) in [5, 5.41) is 63.7. The Morgan fingerprint density at radius 3 is 1.99 bits per heavy atom. The van der Waals surface area contributed by atoms with Crippen LogP contribution in [-0.2, 0) is 104 Å². The van der Waals surface area contributed by atoms with Crippen LogP contribution < -0.4 is 48.3 Å². The predicted octanol–water partition coefficient (Wildman–Crippen LogP) is -0.0775. The molecule has 4 saturated heterocycles. The van der Waals surface area contributed by atoms with Crippen molar-refractivity contribution in [1.29, 1.82) is 5.41 Å². The molecule has 602 valence electrons. The molecule has 4 heterocycles. The number of fused-ring (bicyclic) bond motifs is 19. The first-order valence-corrected chi connectivity index (χ1v) is 36.7. The van der Waals surface area contributed by atoms with Crippen molar-refractivity contribution in [2.75, 3.05) is 26.2 Å². The molecule has 3 aliphatic carbocycles. The first-order chi connectivity index (χ1) is 53.6. The number of Topliss-reactive ketones (excluding diaryl/α,β-unsaturated/α-hetero) is 1. The second-order valence-electron chi connectivity index (χ2n) is 29.4. The number of esters is 5. The molecule has 14 N–H and O–H groups in total. The molecule has 0 aromatic heterocycles. The van der Waals surface area contributed by atoms with Gasteiger partial charge in [0.15, 0.2) is 23.4 Å². The molecular weight excluding hydrogens is 1470 g/mol. The number of piperazine rings is 1. The van der Waals surface area contributed by atoms with E-state index in [4.69, 9.17) is 39.6 Å². The second-order valence-corrected chi connectivity index (χ2v) is 29.4. The average Bonchev–Trinajstić information content (AvgIpc) is 0.668. The van der Waals surface area contributed by atoms with Crippen LogP contribution in [0.25, 0.3) is 0 Å². The molecule has 7 aliphatic rings. The zero-order valence-electron chi connectivity index (χ0n) is 62.7. The molecule has 4 aliphatic heterocycles. The number of rotatable bonds is 24. The Kier molecular flexibility index (Phi) is 26.0. The third kappa shape index (κ3) is 18.5. The summed E-state index contributed by atoms with van der Waals surface area (Å²) in [6, 6.07) is 21.8. The molecule has 1 unspecified atom stereocenters. The first-order valence-electron chi connectivity index (χ1n) is 36.7. The van der Waals surface area contributed by atoms with Crippen LogP contribution in [0.4, 0.5) is 0 Å². The first kappa shape index (κ1) is 83.5. The van der Waals surface area contributed by atoms with Crippen LogP contribution in [0.2, 0.25) is 0 Å². The second kappa shape index (κ2) is 35.2. The quantitative estimate of drug-likeness (QED) is 0.00830. The standard InChI is InChI=1S/C78H91N11O24/c1-40-52(34-78(107)66(112-72(105)47-21-14-9-15-22-47)64-76(6,53(92)33-54-77(64,39-108-54)113-42(3)91)65(99)62(109-41(2)90)60(40)75(78,4)5)110-73(106)63(61(45-17-10-7-11-18-45)88-67(100)46-19-12-8-13-20-46)111-59(98)29-28-55(93)82-35-43-24-26-44(27-25-43)38-89-51-32-56(94)85-48(23-16-30-81-74(79)80)68(101)84-37-57(95)86-49(31-58(96)97)69(102)83-36-50(71(89)104)87-70(51)103/h7-15,17-22,24-27,48-54,61-64,66,92,107H,16,23,28-39H2,1-6H3,(H,82,93)(H,83,102)(H,84,101)(H,85,94)(H,86,95)(H,87,103)(H,88,100)(H,96,97)(H4,79,80,81)/t48-,49-,50+,51-,52-,53-,54+,61-,62+,63+,64?,66-,76+,77-,78+/m0/s1. The summed E-state index contributed by atoms with van der Waals surface area (Å²) in [5.41, 5.74) is -2.18. The molecule has 2 saturated carbocycles. The summed E-state index contributed by atoms with van der Waals surface area (Å²) >= 11 is 0. The Morgan fingerprint density at radius 2 is 1.37 bits per heavy atom. The van der Waals surface area contributed by atoms with E-state index in [1.165, 1.54) is 64.1 Å². The molecule has 4 bridgehead atoms. The molecule has 4 aromatic rings. The number of carboxylic acids is 1. The van der Waals surface area contributed by atoms with Gasteiger partial charge >= 0.3 is 35.8 Å². The van der Waals surface area contributed by atoms with Crippen molar-refractivity contribution >= 4 is 94.8 Å². The highest BCUT2D eigenvalue weighted by Gasteiger charge is 2.78. The average molecular weight is 1570 g/mol. The number of nitrogens with zero attached hydrogens (tertiary/aromatic N) is 1. The molecule has 11 rings (SSSR count). The van der Waals surface area contributed by atoms with E-state index in [1.54, 1.807) is 78.9 Å². The molecule has 35 heteroatoms. The zero-order chi connectivity index (χ0) is 82.0. The van der Waals surface area contributed by atoms with Crippen LogP contribution in [-0.4, -0.2) is 213 Å². The lowest BCUT2D eigenvalue weighted by Crippen LogP contribution is -2.82. The van der Waals surface area contributed by atoms with E-state index in [-0.39, 0.29) is 72.7 Å². The SMILES string of the molecule is CC(=O)O[C@H]1C(=O)[C@@]2(C)C([C@H](OC(=O)c3ccccc3)[C@]3(O)C[C@H](OC(=O)[C@H](OC(=O)CCC(=O)NCc4ccc(CN5C(=O)[C@H]6CNC(=O)[C@H](CC(=O)O)NC(=O)CNC(=O)[C@H](CCCNC(=N)N)NC(=O)C[C@H]5C(=O)N6)cc4)[C@@H](NC(=O)c4ccccc4)c4ccccc4)C(C)=C1C3(C)C)[C@]1(OC(C)=O)CO[C@@H]1C[C@@H]2O. The number of nitrogens with two attached hydrogens (primary N) is 1. The minimum absolute atomic E-state index is 0.0193. The number of carbonyl (C=O) groups excluding carboxylic acids is 14. The van der Waals surface area contributed by atoms with Crippen LogP contribution in [0.5, 0.6) is 0 Å². The predicted molar refractivity (Wildman–Crippen MR) is 391 cm³/mol. The van der Waals surface area contributed by atoms with Gasteiger partial charge in [-0.1, -0.05) is 105 Å². The Bertz CT molecular complexity index is 4410. The Morgan fingerprint density at radius 1 is 0.743 bits per heavy atom. The van der Waals surface area contributed by atoms with Crippen LogP contribution in [0.15, 0.2) is 126 Å². The van der Waals surface area contributed by atoms with Crippen LogP contribution in [0, 0.1) is 22.2 Å². The molecule has 35 nitrogen and oxygen atoms in total. The van der Waals surface area contributed by atoms with Crippen molar-refractivity contribution in [2.24, 2.45) is 22.5 Å². The van der Waals surface area contributed by atoms with Gasteiger partial charge < -0.3 is 96.9 Å². The summed E-state index contributed by atoms with van der Waals surface area (Å²) in [5.74, 6) is -16.9. The number of amides is 8. The number of nitrogens with one attached hydrogen (secondary N) is 9. The van der Waals surface area contributed by atoms with Gasteiger partial charge in [-0.3, -0.25) is 67.7 Å². The number of carboxylic acid groups (broad SMARTS) is 1. The van der Waals surface area contributed by atoms with E-state index in [1.807, 2.05) is 0 Å². The van der Waals surface area contributed by atoms with Crippen molar-refractivity contribution in [3.8, 4) is 0 Å². The summed E-state index contributed by atoms with van der Waals surface area (Å²) in [4.78, 5) is 211. The lowest BCUT2D eigenvalue weighted by molar-refractivity contribution is -0.346. The van der Waals surface area contributed by atoms with Crippen molar-refractivity contribution < 1.29 is 116 Å². The normalized spacial score (nSPS) is 27.4. The van der Waals surface area contributed by atoms with E-state index in [0.717, 1.165) is 18.7 Å². The summed E-state index contributed by atoms with van der Waals surface area (Å²) < 4.78 is 37.1. The van der Waals surface area contributed by atoms with E-state index in [2.05, 4.69) is 42.5 Å². The van der Waals surface area contributed by atoms with E-state index < -0.39 is 235 Å². The fourth-order valence-electron chi connectivity index (χ4n) is 15.8. The van der Waals surface area contributed by atoms with Crippen molar-refractivity contribution in [1.82, 2.24) is 47.4 Å². The molecule has 113 heavy (non-hydrogen) atoms. The van der Waals surface area contributed by atoms with Gasteiger partial charge in [-0.2, -0.15) is 0 Å². The fraction of sp³-hybridized carbons (Fsp3) is 0.462. The molecule has 0 spiro atoms. The maximum atomic E-state index is 16.0. The third-order valence-electron chi connectivity index (χ3n) is 21.7. The summed E-state index contributed by atoms with van der Waals surface area (Å²) in [7, 11) is 0. The Balaban J connectivity index is 0.905. The van der Waals surface area contributed by atoms with Crippen LogP contribution >= 0.6 is 0 Å². The number of guanidine groups is 1. The van der Waals surface area contributed by atoms with Crippen LogP contribution in [0.3, 0.4) is 0 Å². The number of ether oxygens (including phenoxy) is 6. The monoisotopic (exact) mass is 1570 g/mol. The molecule has 0 radical (unpaired) electrons. The number of hydrogen-bond donors (Lipinski definition) is 13. The van der Waals surface area contributed by atoms with E-state index in [0.29, 0.717) is 11.1 Å². The van der Waals surface area contributed by atoms with E-state index in [9.17, 15) is 77.6 Å². The zero-order valence-corrected chi connectivity index (χ0v) is 62.7. The summed E-state index contributed by atoms with van der Waals surface area (Å²) in [6.07, 6.45) is -14.6. The smallest absolute Gasteiger partial charge is 0.350 e. The minimum Gasteiger partial charge on any atom is -0.481 e. The molecule has 15 atom stereocenters. The summed E-state index contributed by atoms with van der Waals surface area (Å²) in [6.45, 7) is 5.72. The number of ketones is 1. The Hall–Kier alpha value is -12.0. The molecule has 6 fully saturated rings. The molecular formula is C78H91N11O24. The lowest BCUT2D eigenvalue weighted by Gasteiger charge is -2.67. The van der Waals surface area contributed by atoms with Crippen LogP contribution in [0.1, 0.15) is 136 Å². The lowest BCUT2D eigenvalue weighted by atomic mass is 9.44. The van der Waals surface area contributed by atoms with Gasteiger partial charge in [0, 0.05) is 70.3 Å². The highest BCUT2D eigenvalue weighted by molar-refractivity contribution is 6.01. The maximum absolute atomic E-state index is 16.0. The molecule has 4 aromatic carbocycles. The highest BCUT2D eigenvalue weighted by Crippen LogP contribution is 2.64. The third-order valence-corrected chi connectivity index (χ3v) is 21.7. The van der Waals surface area contributed by atoms with Gasteiger partial charge in [0.05, 0.1) is 55.4 Å². The van der Waals surface area contributed by atoms with Crippen molar-refractivity contribution in [3.63, 3.8) is 0 Å². The number of carbonyl (C=O) groups is 15. The Labute approximate surface area is 647 Å². The van der Waals surface area contributed by atoms with Gasteiger partial charge in [-0.25, -0.2) is 9.59 Å². The van der Waals surface area contributed by atoms with Gasteiger partial charge in [-0.15, -0.1) is 0 Å². The van der Waals surface area contributed by atoms with Crippen molar-refractivity contribution in [3.05, 3.63) is 154 Å². The largest absolute Gasteiger partial charge is 0.481 e. The van der Waals surface area contributed by atoms with E-state index >= 15 is 9.59 Å². The van der Waals surface area contributed by atoms with Gasteiger partial charge in [-0.05, 0) is 78.8 Å². The van der Waals surface area contributed by atoms with Gasteiger partial charge in [0.2, 0.25) is 47.5 Å². The number of aliphatic carboxylic acids is 1. The maximum Gasteiger partial charge on any atom is 0.350 e. The molecule has 8 amide bonds. The van der Waals surface area contributed by atoms with Gasteiger partial charge in [0.25, 0.3) is 5.91 Å². The number of hydrogen-bond acceptors (Lipinski definition) is 24. The minimum atomic E-state index is -2.60. The number of aliphatic hydroxyl groups excluding tert-OH is 1. The van der Waals surface area contributed by atoms with Gasteiger partial charge in [0.1, 0.15) is 54.1 Å². The highest BCUT2D eigenvalue weighted by atomic mass is 16.6. The topological polar surface area (TPSA) is 521 Å². The fourth-order valence-corrected chi connectivity index (χ4v) is 15.8. The van der Waals surface area contributed by atoms with Crippen molar-refractivity contribution in [2.45, 2.75) is 184 Å². The number of benzene rings is 4. The number of aliphatic hydroxyl groups is 2.